The molecule has 0 bridgehead atoms. The molecule has 0 spiro atoms. The lowest BCUT2D eigenvalue weighted by Crippen LogP contribution is -2.45. The van der Waals surface area contributed by atoms with Gasteiger partial charge in [-0.2, -0.15) is 0 Å². The van der Waals surface area contributed by atoms with Gasteiger partial charge in [-0.15, -0.1) is 0 Å². The molecule has 0 aromatic heterocycles. The molecule has 1 amide bonds. The van der Waals surface area contributed by atoms with Crippen molar-refractivity contribution in [2.24, 2.45) is 5.92 Å². The average molecular weight is 239 g/mol. The van der Waals surface area contributed by atoms with Crippen molar-refractivity contribution >= 4 is 6.09 Å². The van der Waals surface area contributed by atoms with Crippen molar-refractivity contribution in [2.75, 3.05) is 13.1 Å². The Morgan fingerprint density at radius 2 is 2.12 bits per heavy atom. The summed E-state index contributed by atoms with van der Waals surface area (Å²) in [5.41, 5.74) is -0.259. The van der Waals surface area contributed by atoms with E-state index in [2.05, 4.69) is 0 Å². The van der Waals surface area contributed by atoms with Gasteiger partial charge in [0.25, 0.3) is 0 Å². The molecule has 4 nitrogen and oxygen atoms in total. The van der Waals surface area contributed by atoms with Gasteiger partial charge in [0.05, 0.1) is 6.54 Å². The van der Waals surface area contributed by atoms with Gasteiger partial charge in [-0.3, -0.25) is 0 Å². The second-order valence-electron chi connectivity index (χ2n) is 6.51. The summed E-state index contributed by atoms with van der Waals surface area (Å²) < 4.78 is 11.2. The number of piperidine rings is 1. The zero-order chi connectivity index (χ0) is 12.3. The quantitative estimate of drug-likeness (QED) is 0.659. The molecule has 1 aliphatic carbocycles. The molecular weight excluding hydrogens is 218 g/mol. The fraction of sp³-hybridized carbons (Fsp3) is 0.923. The zero-order valence-corrected chi connectivity index (χ0v) is 10.9. The Morgan fingerprint density at radius 3 is 2.65 bits per heavy atom. The van der Waals surface area contributed by atoms with E-state index in [0.29, 0.717) is 6.54 Å². The number of ether oxygens (including phenoxy) is 2. The summed E-state index contributed by atoms with van der Waals surface area (Å²) in [4.78, 5) is 13.7. The molecule has 0 aromatic rings. The van der Waals surface area contributed by atoms with Crippen molar-refractivity contribution in [1.82, 2.24) is 4.90 Å². The lowest BCUT2D eigenvalue weighted by Gasteiger charge is -2.30. The molecule has 3 fully saturated rings. The highest BCUT2D eigenvalue weighted by molar-refractivity contribution is 5.68. The molecule has 1 saturated carbocycles. The standard InChI is InChI=1S/C13H21NO3/c1-12(2,3)17-11(15)14-7-6-13(9-4-5-9)10(8-14)16-13/h9-10H,4-8H2,1-3H3/t10-,13+/m1/s1. The van der Waals surface area contributed by atoms with Gasteiger partial charge < -0.3 is 14.4 Å². The Bertz CT molecular complexity index is 345. The number of hydrogen-bond acceptors (Lipinski definition) is 3. The zero-order valence-electron chi connectivity index (χ0n) is 10.9. The summed E-state index contributed by atoms with van der Waals surface area (Å²) in [5, 5.41) is 0. The summed E-state index contributed by atoms with van der Waals surface area (Å²) >= 11 is 0. The monoisotopic (exact) mass is 239 g/mol. The minimum absolute atomic E-state index is 0.151. The van der Waals surface area contributed by atoms with Crippen LogP contribution in [0.25, 0.3) is 0 Å². The van der Waals surface area contributed by atoms with E-state index in [-0.39, 0.29) is 17.8 Å². The summed E-state index contributed by atoms with van der Waals surface area (Å²) in [6, 6.07) is 0. The van der Waals surface area contributed by atoms with Crippen LogP contribution in [0.2, 0.25) is 0 Å². The fourth-order valence-corrected chi connectivity index (χ4v) is 2.87. The minimum Gasteiger partial charge on any atom is -0.444 e. The Kier molecular flexibility index (Phi) is 2.25. The summed E-state index contributed by atoms with van der Waals surface area (Å²) in [5.74, 6) is 0.772. The number of epoxide rings is 1. The minimum atomic E-state index is -0.410. The Labute approximate surface area is 102 Å². The highest BCUT2D eigenvalue weighted by atomic mass is 16.6. The molecule has 0 N–H and O–H groups in total. The van der Waals surface area contributed by atoms with E-state index >= 15 is 0 Å². The van der Waals surface area contributed by atoms with Gasteiger partial charge in [-0.1, -0.05) is 0 Å². The predicted molar refractivity (Wildman–Crippen MR) is 62.8 cm³/mol. The second-order valence-corrected chi connectivity index (χ2v) is 6.51. The van der Waals surface area contributed by atoms with Crippen LogP contribution in [0, 0.1) is 5.92 Å². The van der Waals surface area contributed by atoms with E-state index in [4.69, 9.17) is 9.47 Å². The normalized spacial score (nSPS) is 36.4. The molecule has 2 atom stereocenters. The van der Waals surface area contributed by atoms with Crippen LogP contribution in [-0.4, -0.2) is 41.4 Å². The first-order valence-electron chi connectivity index (χ1n) is 6.56. The van der Waals surface area contributed by atoms with Crippen LogP contribution in [0.4, 0.5) is 4.79 Å². The number of nitrogens with zero attached hydrogens (tertiary/aromatic N) is 1. The third-order valence-corrected chi connectivity index (χ3v) is 3.93. The van der Waals surface area contributed by atoms with Crippen molar-refractivity contribution in [2.45, 2.75) is 57.3 Å². The Hall–Kier alpha value is -0.770. The van der Waals surface area contributed by atoms with Crippen molar-refractivity contribution in [3.05, 3.63) is 0 Å². The van der Waals surface area contributed by atoms with Gasteiger partial charge in [-0.25, -0.2) is 4.79 Å². The summed E-state index contributed by atoms with van der Waals surface area (Å²) in [6.45, 7) is 7.19. The number of hydrogen-bond donors (Lipinski definition) is 0. The van der Waals surface area contributed by atoms with Crippen LogP contribution in [0.5, 0.6) is 0 Å². The molecule has 0 radical (unpaired) electrons. The van der Waals surface area contributed by atoms with Gasteiger partial charge in [0.2, 0.25) is 0 Å². The number of likely N-dealkylation sites (tertiary alicyclic amines) is 1. The van der Waals surface area contributed by atoms with Crippen LogP contribution in [-0.2, 0) is 9.47 Å². The van der Waals surface area contributed by atoms with Gasteiger partial charge in [-0.05, 0) is 46.0 Å². The molecule has 0 aromatic carbocycles. The first kappa shape index (κ1) is 11.3. The average Bonchev–Trinajstić information content (AvgIpc) is 3.08. The third kappa shape index (κ3) is 2.03. The van der Waals surface area contributed by atoms with Gasteiger partial charge >= 0.3 is 6.09 Å². The highest BCUT2D eigenvalue weighted by Crippen LogP contribution is 2.57. The molecule has 2 saturated heterocycles. The SMILES string of the molecule is CC(C)(C)OC(=O)N1CC[C@@]2(C3CC3)O[C@@H]2C1. The van der Waals surface area contributed by atoms with Crippen LogP contribution in [0.15, 0.2) is 0 Å². The summed E-state index contributed by atoms with van der Waals surface area (Å²) in [7, 11) is 0. The van der Waals surface area contributed by atoms with E-state index in [1.54, 1.807) is 4.90 Å². The molecule has 4 heteroatoms. The number of amides is 1. The molecular formula is C13H21NO3. The maximum Gasteiger partial charge on any atom is 0.410 e. The maximum atomic E-state index is 11.9. The molecule has 17 heavy (non-hydrogen) atoms. The van der Waals surface area contributed by atoms with Crippen molar-refractivity contribution in [3.63, 3.8) is 0 Å². The number of rotatable bonds is 1. The molecule has 0 unspecified atom stereocenters. The summed E-state index contributed by atoms with van der Waals surface area (Å²) in [6.07, 6.45) is 3.68. The van der Waals surface area contributed by atoms with Gasteiger partial charge in [0.1, 0.15) is 17.3 Å². The third-order valence-electron chi connectivity index (χ3n) is 3.93. The number of carbonyl (C=O) groups is 1. The molecule has 2 aliphatic heterocycles. The van der Waals surface area contributed by atoms with E-state index in [1.165, 1.54) is 12.8 Å². The Morgan fingerprint density at radius 1 is 1.41 bits per heavy atom. The van der Waals surface area contributed by atoms with Crippen LogP contribution in [0.3, 0.4) is 0 Å². The highest BCUT2D eigenvalue weighted by Gasteiger charge is 2.66. The van der Waals surface area contributed by atoms with E-state index < -0.39 is 5.60 Å². The Balaban J connectivity index is 1.56. The molecule has 3 aliphatic rings. The predicted octanol–water partition coefficient (Wildman–Crippen LogP) is 2.17. The second kappa shape index (κ2) is 3.37. The van der Waals surface area contributed by atoms with Crippen molar-refractivity contribution in [3.8, 4) is 0 Å². The number of carbonyl (C=O) groups excluding carboxylic acids is 1. The largest absolute Gasteiger partial charge is 0.444 e. The first-order chi connectivity index (χ1) is 7.91. The van der Waals surface area contributed by atoms with Crippen molar-refractivity contribution in [1.29, 1.82) is 0 Å². The smallest absolute Gasteiger partial charge is 0.410 e. The molecule has 2 heterocycles. The van der Waals surface area contributed by atoms with E-state index in [0.717, 1.165) is 18.9 Å². The van der Waals surface area contributed by atoms with Gasteiger partial charge in [0.15, 0.2) is 0 Å². The first-order valence-corrected chi connectivity index (χ1v) is 6.56. The molecule has 96 valence electrons. The lowest BCUT2D eigenvalue weighted by atomic mass is 9.92. The van der Waals surface area contributed by atoms with Crippen molar-refractivity contribution < 1.29 is 14.3 Å². The lowest BCUT2D eigenvalue weighted by molar-refractivity contribution is 0.0215. The van der Waals surface area contributed by atoms with E-state index in [9.17, 15) is 4.79 Å². The van der Waals surface area contributed by atoms with Crippen LogP contribution < -0.4 is 0 Å². The van der Waals surface area contributed by atoms with Gasteiger partial charge in [0, 0.05) is 6.54 Å². The van der Waals surface area contributed by atoms with E-state index in [1.807, 2.05) is 20.8 Å². The topological polar surface area (TPSA) is 42.1 Å². The van der Waals surface area contributed by atoms with Crippen LogP contribution >= 0.6 is 0 Å². The number of fused-ring (bicyclic) bond motifs is 1. The molecule has 3 rings (SSSR count). The fourth-order valence-electron chi connectivity index (χ4n) is 2.87. The van der Waals surface area contributed by atoms with Crippen LogP contribution in [0.1, 0.15) is 40.0 Å². The maximum absolute atomic E-state index is 11.9.